The van der Waals surface area contributed by atoms with Gasteiger partial charge in [-0.25, -0.2) is 0 Å². The maximum atomic E-state index is 9.48. The second-order valence-electron chi connectivity index (χ2n) is 4.09. The van der Waals surface area contributed by atoms with Gasteiger partial charge in [-0.3, -0.25) is 0 Å². The fourth-order valence-corrected chi connectivity index (χ4v) is 2.88. The van der Waals surface area contributed by atoms with Crippen LogP contribution in [0.3, 0.4) is 0 Å². The van der Waals surface area contributed by atoms with Gasteiger partial charge in [0.15, 0.2) is 0 Å². The second kappa shape index (κ2) is 5.76. The van der Waals surface area contributed by atoms with Crippen LogP contribution in [-0.2, 0) is 0 Å². The summed E-state index contributed by atoms with van der Waals surface area (Å²) in [4.78, 5) is 0. The number of benzene rings is 2. The molecule has 0 radical (unpaired) electrons. The third kappa shape index (κ3) is 3.27. The van der Waals surface area contributed by atoms with Crippen LogP contribution in [0.4, 0.5) is 5.69 Å². The Balaban J connectivity index is 2.18. The molecule has 2 nitrogen and oxygen atoms in total. The van der Waals surface area contributed by atoms with E-state index in [0.717, 1.165) is 20.2 Å². The highest BCUT2D eigenvalue weighted by Gasteiger charge is 2.08. The van der Waals surface area contributed by atoms with Crippen LogP contribution in [0.5, 0.6) is 5.75 Å². The summed E-state index contributed by atoms with van der Waals surface area (Å²) >= 11 is 6.95. The Labute approximate surface area is 123 Å². The molecule has 0 aliphatic carbocycles. The lowest BCUT2D eigenvalue weighted by atomic mass is 10.1. The van der Waals surface area contributed by atoms with E-state index in [1.807, 2.05) is 30.3 Å². The first-order valence-corrected chi connectivity index (χ1v) is 7.15. The summed E-state index contributed by atoms with van der Waals surface area (Å²) in [5, 5.41) is 12.9. The van der Waals surface area contributed by atoms with Crippen LogP contribution in [0.25, 0.3) is 0 Å². The summed E-state index contributed by atoms with van der Waals surface area (Å²) in [7, 11) is 0. The number of phenolic OH excluding ortho intramolecular Hbond substituents is 1. The number of anilines is 1. The summed E-state index contributed by atoms with van der Waals surface area (Å²) in [6, 6.07) is 13.4. The van der Waals surface area contributed by atoms with Gasteiger partial charge >= 0.3 is 0 Å². The molecular formula is C14H13Br2NO. The minimum absolute atomic E-state index is 0.120. The van der Waals surface area contributed by atoms with Crippen LogP contribution < -0.4 is 5.32 Å². The normalized spacial score (nSPS) is 12.2. The number of phenols is 1. The lowest BCUT2D eigenvalue weighted by molar-refractivity contribution is 0.474. The molecule has 1 unspecified atom stereocenters. The Bertz CT molecular complexity index is 557. The van der Waals surface area contributed by atoms with E-state index in [-0.39, 0.29) is 11.8 Å². The fourth-order valence-electron chi connectivity index (χ4n) is 1.72. The first kappa shape index (κ1) is 13.4. The Hall–Kier alpha value is -1.00. The van der Waals surface area contributed by atoms with Gasteiger partial charge in [-0.05, 0) is 58.7 Å². The van der Waals surface area contributed by atoms with Crippen molar-refractivity contribution in [2.24, 2.45) is 0 Å². The third-order valence-electron chi connectivity index (χ3n) is 2.67. The highest BCUT2D eigenvalue weighted by Crippen LogP contribution is 2.29. The molecule has 0 aliphatic rings. The summed E-state index contributed by atoms with van der Waals surface area (Å²) < 4.78 is 2.04. The van der Waals surface area contributed by atoms with Gasteiger partial charge in [0.05, 0.1) is 0 Å². The monoisotopic (exact) mass is 369 g/mol. The first-order chi connectivity index (χ1) is 8.56. The Morgan fingerprint density at radius 2 is 1.89 bits per heavy atom. The average Bonchev–Trinajstić information content (AvgIpc) is 2.32. The molecule has 0 spiro atoms. The van der Waals surface area contributed by atoms with Crippen LogP contribution in [0.2, 0.25) is 0 Å². The standard InChI is InChI=1S/C14H13Br2NO/c1-9(10-3-2-4-12(18)7-10)17-14-6-5-11(15)8-13(14)16/h2-9,17-18H,1H3. The van der Waals surface area contributed by atoms with Crippen molar-refractivity contribution in [3.05, 3.63) is 57.0 Å². The van der Waals surface area contributed by atoms with E-state index >= 15 is 0 Å². The van der Waals surface area contributed by atoms with E-state index in [9.17, 15) is 5.11 Å². The van der Waals surface area contributed by atoms with Gasteiger partial charge in [-0.15, -0.1) is 0 Å². The molecule has 0 heterocycles. The Kier molecular flexibility index (Phi) is 4.30. The molecule has 4 heteroatoms. The minimum atomic E-state index is 0.120. The van der Waals surface area contributed by atoms with Crippen molar-refractivity contribution in [3.8, 4) is 5.75 Å². The van der Waals surface area contributed by atoms with Gasteiger partial charge in [0.1, 0.15) is 5.75 Å². The highest BCUT2D eigenvalue weighted by molar-refractivity contribution is 9.11. The van der Waals surface area contributed by atoms with Crippen LogP contribution in [-0.4, -0.2) is 5.11 Å². The molecule has 0 saturated heterocycles. The van der Waals surface area contributed by atoms with Gasteiger partial charge in [0.2, 0.25) is 0 Å². The zero-order chi connectivity index (χ0) is 13.1. The minimum Gasteiger partial charge on any atom is -0.508 e. The molecule has 0 amide bonds. The fraction of sp³-hybridized carbons (Fsp3) is 0.143. The zero-order valence-electron chi connectivity index (χ0n) is 9.82. The molecule has 0 fully saturated rings. The highest BCUT2D eigenvalue weighted by atomic mass is 79.9. The Morgan fingerprint density at radius 1 is 1.11 bits per heavy atom. The molecule has 1 atom stereocenters. The number of hydrogen-bond donors (Lipinski definition) is 2. The maximum Gasteiger partial charge on any atom is 0.115 e. The van der Waals surface area contributed by atoms with Gasteiger partial charge in [0.25, 0.3) is 0 Å². The van der Waals surface area contributed by atoms with Crippen molar-refractivity contribution in [2.75, 3.05) is 5.32 Å². The smallest absolute Gasteiger partial charge is 0.115 e. The molecule has 18 heavy (non-hydrogen) atoms. The summed E-state index contributed by atoms with van der Waals surface area (Å²) in [6.07, 6.45) is 0. The number of nitrogens with one attached hydrogen (secondary N) is 1. The van der Waals surface area contributed by atoms with Crippen molar-refractivity contribution in [1.82, 2.24) is 0 Å². The van der Waals surface area contributed by atoms with Crippen LogP contribution in [0.1, 0.15) is 18.5 Å². The number of rotatable bonds is 3. The Morgan fingerprint density at radius 3 is 2.56 bits per heavy atom. The van der Waals surface area contributed by atoms with E-state index in [0.29, 0.717) is 0 Å². The summed E-state index contributed by atoms with van der Waals surface area (Å²) in [5.74, 6) is 0.288. The first-order valence-electron chi connectivity index (χ1n) is 5.57. The average molecular weight is 371 g/mol. The van der Waals surface area contributed by atoms with E-state index in [4.69, 9.17) is 0 Å². The van der Waals surface area contributed by atoms with Gasteiger partial charge < -0.3 is 10.4 Å². The van der Waals surface area contributed by atoms with Gasteiger partial charge in [0, 0.05) is 20.7 Å². The second-order valence-corrected chi connectivity index (χ2v) is 5.86. The molecule has 2 rings (SSSR count). The van der Waals surface area contributed by atoms with Gasteiger partial charge in [-0.2, -0.15) is 0 Å². The predicted molar refractivity (Wildman–Crippen MR) is 82.0 cm³/mol. The molecule has 0 aromatic heterocycles. The SMILES string of the molecule is CC(Nc1ccc(Br)cc1Br)c1cccc(O)c1. The third-order valence-corrected chi connectivity index (χ3v) is 3.82. The van der Waals surface area contributed by atoms with Crippen molar-refractivity contribution in [2.45, 2.75) is 13.0 Å². The largest absolute Gasteiger partial charge is 0.508 e. The van der Waals surface area contributed by atoms with E-state index in [2.05, 4.69) is 44.1 Å². The number of hydrogen-bond acceptors (Lipinski definition) is 2. The molecule has 0 aliphatic heterocycles. The predicted octanol–water partition coefficient (Wildman–Crippen LogP) is 5.09. The van der Waals surface area contributed by atoms with Crippen LogP contribution in [0.15, 0.2) is 51.4 Å². The molecule has 0 saturated carbocycles. The number of halogens is 2. The molecular weight excluding hydrogens is 358 g/mol. The van der Waals surface area contributed by atoms with E-state index in [1.54, 1.807) is 12.1 Å². The van der Waals surface area contributed by atoms with Crippen LogP contribution >= 0.6 is 31.9 Å². The molecule has 2 aromatic rings. The zero-order valence-corrected chi connectivity index (χ0v) is 13.0. The number of aromatic hydroxyl groups is 1. The maximum absolute atomic E-state index is 9.48. The van der Waals surface area contributed by atoms with E-state index < -0.39 is 0 Å². The lowest BCUT2D eigenvalue weighted by Crippen LogP contribution is -2.06. The van der Waals surface area contributed by atoms with Crippen LogP contribution in [0, 0.1) is 0 Å². The van der Waals surface area contributed by atoms with Crippen molar-refractivity contribution < 1.29 is 5.11 Å². The summed E-state index contributed by atoms with van der Waals surface area (Å²) in [5.41, 5.74) is 2.07. The topological polar surface area (TPSA) is 32.3 Å². The summed E-state index contributed by atoms with van der Waals surface area (Å²) in [6.45, 7) is 2.06. The molecule has 2 N–H and O–H groups in total. The van der Waals surface area contributed by atoms with Crippen molar-refractivity contribution >= 4 is 37.5 Å². The quantitative estimate of drug-likeness (QED) is 0.788. The van der Waals surface area contributed by atoms with Crippen molar-refractivity contribution in [1.29, 1.82) is 0 Å². The van der Waals surface area contributed by atoms with E-state index in [1.165, 1.54) is 0 Å². The van der Waals surface area contributed by atoms with Crippen molar-refractivity contribution in [3.63, 3.8) is 0 Å². The van der Waals surface area contributed by atoms with Gasteiger partial charge in [-0.1, -0.05) is 28.1 Å². The molecule has 0 bridgehead atoms. The molecule has 94 valence electrons. The molecule has 2 aromatic carbocycles. The lowest BCUT2D eigenvalue weighted by Gasteiger charge is -2.17.